The van der Waals surface area contributed by atoms with Crippen LogP contribution in [0.1, 0.15) is 98.8 Å². The number of allylic oxidation sites excluding steroid dienone is 1. The highest BCUT2D eigenvalue weighted by Gasteiger charge is 2.58. The summed E-state index contributed by atoms with van der Waals surface area (Å²) < 4.78 is 0. The molecule has 1 heterocycles. The quantitative estimate of drug-likeness (QED) is 0.569. The van der Waals surface area contributed by atoms with Crippen molar-refractivity contribution in [3.05, 3.63) is 11.6 Å². The van der Waals surface area contributed by atoms with Crippen molar-refractivity contribution < 1.29 is 5.11 Å². The summed E-state index contributed by atoms with van der Waals surface area (Å²) in [5.41, 5.74) is 2.40. The van der Waals surface area contributed by atoms with Gasteiger partial charge in [0.05, 0.1) is 6.10 Å². The van der Waals surface area contributed by atoms with Gasteiger partial charge in [-0.1, -0.05) is 45.3 Å². The maximum atomic E-state index is 10.2. The second-order valence-corrected chi connectivity index (χ2v) is 11.7. The minimum atomic E-state index is -0.0848. The van der Waals surface area contributed by atoms with Crippen LogP contribution in [0.25, 0.3) is 0 Å². The number of rotatable bonds is 5. The van der Waals surface area contributed by atoms with E-state index in [0.717, 1.165) is 42.6 Å². The molecule has 0 radical (unpaired) electrons. The zero-order chi connectivity index (χ0) is 20.1. The van der Waals surface area contributed by atoms with Gasteiger partial charge in [0.2, 0.25) is 0 Å². The van der Waals surface area contributed by atoms with Gasteiger partial charge < -0.3 is 5.11 Å². The lowest BCUT2D eigenvalue weighted by molar-refractivity contribution is -0.0519. The first-order chi connectivity index (χ1) is 13.3. The third kappa shape index (κ3) is 3.41. The maximum absolute atomic E-state index is 10.2. The molecule has 4 rings (SSSR count). The number of fused-ring (bicyclic) bond motifs is 5. The molecule has 0 aromatic rings. The molecule has 3 aliphatic carbocycles. The van der Waals surface area contributed by atoms with Crippen LogP contribution >= 0.6 is 0 Å². The Morgan fingerprint density at radius 1 is 1.07 bits per heavy atom. The second kappa shape index (κ2) is 7.73. The Labute approximate surface area is 174 Å². The summed E-state index contributed by atoms with van der Waals surface area (Å²) in [5.74, 6) is 3.44. The first-order valence-corrected chi connectivity index (χ1v) is 12.4. The van der Waals surface area contributed by atoms with Gasteiger partial charge in [0.1, 0.15) is 0 Å². The van der Waals surface area contributed by atoms with Gasteiger partial charge in [-0.15, -0.1) is 0 Å². The van der Waals surface area contributed by atoms with Crippen LogP contribution in [-0.4, -0.2) is 34.2 Å². The number of likely N-dealkylation sites (tertiary alicyclic amines) is 1. The largest absolute Gasteiger partial charge is 0.393 e. The van der Waals surface area contributed by atoms with Gasteiger partial charge >= 0.3 is 0 Å². The third-order valence-corrected chi connectivity index (χ3v) is 9.71. The molecule has 0 aromatic carbocycles. The summed E-state index contributed by atoms with van der Waals surface area (Å²) in [4.78, 5) is 2.93. The van der Waals surface area contributed by atoms with E-state index < -0.39 is 0 Å². The fourth-order valence-corrected chi connectivity index (χ4v) is 8.06. The lowest BCUT2D eigenvalue weighted by atomic mass is 9.49. The van der Waals surface area contributed by atoms with E-state index >= 15 is 0 Å². The van der Waals surface area contributed by atoms with Gasteiger partial charge in [-0.05, 0) is 101 Å². The topological polar surface area (TPSA) is 23.5 Å². The smallest absolute Gasteiger partial charge is 0.0577 e. The molecule has 160 valence electrons. The summed E-state index contributed by atoms with van der Waals surface area (Å²) in [6, 6.07) is 0.736. The van der Waals surface area contributed by atoms with Crippen LogP contribution in [0.2, 0.25) is 0 Å². The molecule has 1 saturated heterocycles. The molecule has 2 heteroatoms. The first-order valence-electron chi connectivity index (χ1n) is 12.4. The summed E-state index contributed by atoms with van der Waals surface area (Å²) in [7, 11) is 0. The van der Waals surface area contributed by atoms with Crippen molar-refractivity contribution in [2.45, 2.75) is 117 Å². The van der Waals surface area contributed by atoms with E-state index in [2.05, 4.69) is 45.6 Å². The van der Waals surface area contributed by atoms with Gasteiger partial charge in [0.25, 0.3) is 0 Å². The van der Waals surface area contributed by atoms with Gasteiger partial charge in [0, 0.05) is 11.6 Å². The standard InChI is InChI=1S/C26H45NO/c1-18(2)7-6-8-19(3)27-16-13-24-22-10-9-20-17-21(28)11-14-25(20,4)23(22)12-15-26(24,27)5/h9,18-19,21-24,28H,6-8,10-17H2,1-5H3/t19-,21+,22-,23+,24+,25+,26+/m1/s1. The van der Waals surface area contributed by atoms with Crippen LogP contribution in [0.15, 0.2) is 11.6 Å². The van der Waals surface area contributed by atoms with Crippen LogP contribution in [0, 0.1) is 29.1 Å². The van der Waals surface area contributed by atoms with Crippen LogP contribution in [0.4, 0.5) is 0 Å². The monoisotopic (exact) mass is 387 g/mol. The molecule has 1 aliphatic heterocycles. The number of hydrogen-bond donors (Lipinski definition) is 1. The number of aliphatic hydroxyl groups excluding tert-OH is 1. The van der Waals surface area contributed by atoms with E-state index in [0.29, 0.717) is 11.0 Å². The molecule has 0 spiro atoms. The van der Waals surface area contributed by atoms with Crippen molar-refractivity contribution in [1.29, 1.82) is 0 Å². The molecular weight excluding hydrogens is 342 g/mol. The summed E-state index contributed by atoms with van der Waals surface area (Å²) in [5, 5.41) is 10.2. The second-order valence-electron chi connectivity index (χ2n) is 11.7. The van der Waals surface area contributed by atoms with Crippen LogP contribution < -0.4 is 0 Å². The normalized spacial score (nSPS) is 44.6. The van der Waals surface area contributed by atoms with Gasteiger partial charge in [0.15, 0.2) is 0 Å². The van der Waals surface area contributed by atoms with Gasteiger partial charge in [-0.3, -0.25) is 4.90 Å². The highest BCUT2D eigenvalue weighted by Crippen LogP contribution is 2.62. The summed E-state index contributed by atoms with van der Waals surface area (Å²) in [6.45, 7) is 13.7. The number of aliphatic hydroxyl groups is 1. The molecule has 2 nitrogen and oxygen atoms in total. The molecule has 4 aliphatic rings. The van der Waals surface area contributed by atoms with Crippen molar-refractivity contribution in [3.63, 3.8) is 0 Å². The lowest BCUT2D eigenvalue weighted by Crippen LogP contribution is -2.57. The van der Waals surface area contributed by atoms with Crippen LogP contribution in [-0.2, 0) is 0 Å². The molecule has 3 fully saturated rings. The average Bonchev–Trinajstić information content (AvgIpc) is 2.99. The minimum absolute atomic E-state index is 0.0848. The van der Waals surface area contributed by atoms with Crippen LogP contribution in [0.3, 0.4) is 0 Å². The first kappa shape index (κ1) is 20.9. The molecule has 2 saturated carbocycles. The van der Waals surface area contributed by atoms with Gasteiger partial charge in [-0.25, -0.2) is 0 Å². The minimum Gasteiger partial charge on any atom is -0.393 e. The number of nitrogens with zero attached hydrogens (tertiary/aromatic N) is 1. The number of hydrogen-bond acceptors (Lipinski definition) is 2. The molecular formula is C26H45NO. The molecule has 7 atom stereocenters. The van der Waals surface area contributed by atoms with Crippen molar-refractivity contribution in [2.75, 3.05) is 6.54 Å². The predicted molar refractivity (Wildman–Crippen MR) is 118 cm³/mol. The maximum Gasteiger partial charge on any atom is 0.0577 e. The van der Waals surface area contributed by atoms with Crippen molar-refractivity contribution in [1.82, 2.24) is 4.90 Å². The van der Waals surface area contributed by atoms with E-state index in [4.69, 9.17) is 0 Å². The zero-order valence-corrected chi connectivity index (χ0v) is 19.2. The van der Waals surface area contributed by atoms with E-state index in [1.807, 2.05) is 0 Å². The SMILES string of the molecule is CC(C)CCC[C@@H](C)N1CC[C@H]2[C@@H]3CC=C4C[C@@H](O)CC[C@]4(C)[C@H]3CC[C@@]21C. The Bertz CT molecular complexity index is 597. The van der Waals surface area contributed by atoms with E-state index in [-0.39, 0.29) is 6.10 Å². The Kier molecular flexibility index (Phi) is 5.77. The highest BCUT2D eigenvalue weighted by molar-refractivity contribution is 5.26. The Balaban J connectivity index is 1.49. The van der Waals surface area contributed by atoms with E-state index in [9.17, 15) is 5.11 Å². The fraction of sp³-hybridized carbons (Fsp3) is 0.923. The molecule has 0 aromatic heterocycles. The average molecular weight is 388 g/mol. The third-order valence-electron chi connectivity index (χ3n) is 9.71. The lowest BCUT2D eigenvalue weighted by Gasteiger charge is -2.58. The summed E-state index contributed by atoms with van der Waals surface area (Å²) >= 11 is 0. The Morgan fingerprint density at radius 2 is 1.86 bits per heavy atom. The molecule has 28 heavy (non-hydrogen) atoms. The van der Waals surface area contributed by atoms with Crippen molar-refractivity contribution in [3.8, 4) is 0 Å². The van der Waals surface area contributed by atoms with E-state index in [1.54, 1.807) is 5.57 Å². The Morgan fingerprint density at radius 3 is 2.61 bits per heavy atom. The molecule has 0 unspecified atom stereocenters. The Hall–Kier alpha value is -0.340. The molecule has 0 amide bonds. The highest BCUT2D eigenvalue weighted by atomic mass is 16.3. The van der Waals surface area contributed by atoms with Crippen molar-refractivity contribution >= 4 is 0 Å². The molecule has 0 bridgehead atoms. The van der Waals surface area contributed by atoms with Crippen molar-refractivity contribution in [2.24, 2.45) is 29.1 Å². The fourth-order valence-electron chi connectivity index (χ4n) is 8.06. The van der Waals surface area contributed by atoms with Gasteiger partial charge in [-0.2, -0.15) is 0 Å². The predicted octanol–water partition coefficient (Wildman–Crippen LogP) is 6.19. The van der Waals surface area contributed by atoms with E-state index in [1.165, 1.54) is 57.9 Å². The zero-order valence-electron chi connectivity index (χ0n) is 19.2. The summed E-state index contributed by atoms with van der Waals surface area (Å²) in [6.07, 6.45) is 15.3. The van der Waals surface area contributed by atoms with Crippen LogP contribution in [0.5, 0.6) is 0 Å². The molecule has 1 N–H and O–H groups in total.